The fourth-order valence-corrected chi connectivity index (χ4v) is 2.94. The molecule has 0 amide bonds. The highest BCUT2D eigenvalue weighted by molar-refractivity contribution is 5.66. The van der Waals surface area contributed by atoms with Crippen LogP contribution in [0.5, 0.6) is 6.01 Å². The second-order valence-corrected chi connectivity index (χ2v) is 6.76. The first-order chi connectivity index (χ1) is 14.0. The minimum atomic E-state index is -4.95. The van der Waals surface area contributed by atoms with Crippen molar-refractivity contribution in [1.29, 1.82) is 0 Å². The molecule has 0 aliphatic heterocycles. The fraction of sp³-hybridized carbons (Fsp3) is 0.333. The van der Waals surface area contributed by atoms with Gasteiger partial charge in [-0.2, -0.15) is 26.3 Å². The molecule has 1 fully saturated rings. The highest BCUT2D eigenvalue weighted by atomic mass is 19.4. The van der Waals surface area contributed by atoms with Crippen LogP contribution in [0.3, 0.4) is 0 Å². The van der Waals surface area contributed by atoms with Crippen LogP contribution < -0.4 is 10.3 Å². The number of ether oxygens (including phenoxy) is 1. The lowest BCUT2D eigenvalue weighted by molar-refractivity contribution is -0.154. The van der Waals surface area contributed by atoms with E-state index in [-0.39, 0.29) is 17.1 Å². The molecule has 3 heterocycles. The minimum Gasteiger partial charge on any atom is -0.454 e. The predicted octanol–water partition coefficient (Wildman–Crippen LogP) is 3.99. The van der Waals surface area contributed by atoms with E-state index < -0.39 is 41.8 Å². The molecule has 3 aromatic rings. The summed E-state index contributed by atoms with van der Waals surface area (Å²) in [6.07, 6.45) is -4.70. The molecule has 6 nitrogen and oxygen atoms in total. The smallest absolute Gasteiger partial charge is 0.434 e. The number of rotatable bonds is 4. The maximum atomic E-state index is 13.6. The van der Waals surface area contributed by atoms with Gasteiger partial charge in [0, 0.05) is 24.2 Å². The van der Waals surface area contributed by atoms with Gasteiger partial charge >= 0.3 is 18.4 Å². The number of pyridine rings is 1. The Balaban J connectivity index is 1.81. The summed E-state index contributed by atoms with van der Waals surface area (Å²) in [4.78, 5) is 23.5. The monoisotopic (exact) mass is 430 g/mol. The van der Waals surface area contributed by atoms with Gasteiger partial charge in [-0.15, -0.1) is 0 Å². The van der Waals surface area contributed by atoms with Crippen molar-refractivity contribution in [2.24, 2.45) is 0 Å². The standard InChI is InChI=1S/C18H12F6N4O2/c19-17(20,21)8-30-16-25-5-11(6-26-16)13-14(18(22,23)24)27-12-4-3-10(9-1-2-9)7-28(12)15(13)29/h3-7,9H,1-2,8H2. The van der Waals surface area contributed by atoms with E-state index in [2.05, 4.69) is 19.7 Å². The molecule has 0 aromatic carbocycles. The van der Waals surface area contributed by atoms with E-state index in [1.165, 1.54) is 12.3 Å². The van der Waals surface area contributed by atoms with Crippen molar-refractivity contribution in [1.82, 2.24) is 19.4 Å². The molecule has 0 saturated heterocycles. The highest BCUT2D eigenvalue weighted by Gasteiger charge is 2.38. The van der Waals surface area contributed by atoms with E-state index in [9.17, 15) is 31.1 Å². The zero-order valence-corrected chi connectivity index (χ0v) is 15.0. The van der Waals surface area contributed by atoms with Crippen molar-refractivity contribution in [2.45, 2.75) is 31.1 Å². The van der Waals surface area contributed by atoms with Crippen molar-refractivity contribution in [3.8, 4) is 17.1 Å². The van der Waals surface area contributed by atoms with Crippen molar-refractivity contribution in [2.75, 3.05) is 6.61 Å². The number of hydrogen-bond donors (Lipinski definition) is 0. The molecule has 12 heteroatoms. The van der Waals surface area contributed by atoms with Gasteiger partial charge in [-0.25, -0.2) is 15.0 Å². The summed E-state index contributed by atoms with van der Waals surface area (Å²) in [6.45, 7) is -1.66. The molecule has 0 bridgehead atoms. The first-order valence-electron chi connectivity index (χ1n) is 8.68. The SMILES string of the molecule is O=c1c(-c2cnc(OCC(F)(F)F)nc2)c(C(F)(F)F)nc2ccc(C3CC3)cn12. The molecule has 0 spiro atoms. The van der Waals surface area contributed by atoms with Crippen molar-refractivity contribution in [3.63, 3.8) is 0 Å². The zero-order valence-electron chi connectivity index (χ0n) is 15.0. The van der Waals surface area contributed by atoms with E-state index in [0.717, 1.165) is 35.2 Å². The predicted molar refractivity (Wildman–Crippen MR) is 91.0 cm³/mol. The van der Waals surface area contributed by atoms with Crippen LogP contribution in [0.4, 0.5) is 26.3 Å². The third-order valence-electron chi connectivity index (χ3n) is 4.44. The van der Waals surface area contributed by atoms with Gasteiger partial charge in [0.25, 0.3) is 5.56 Å². The lowest BCUT2D eigenvalue weighted by atomic mass is 10.1. The third kappa shape index (κ3) is 4.07. The maximum absolute atomic E-state index is 13.6. The van der Waals surface area contributed by atoms with Gasteiger partial charge in [0.15, 0.2) is 12.3 Å². The Kier molecular flexibility index (Phi) is 4.66. The molecule has 0 radical (unpaired) electrons. The van der Waals surface area contributed by atoms with E-state index in [4.69, 9.17) is 0 Å². The van der Waals surface area contributed by atoms with Crippen LogP contribution >= 0.6 is 0 Å². The topological polar surface area (TPSA) is 69.4 Å². The average Bonchev–Trinajstić information content (AvgIpc) is 3.50. The molecule has 0 unspecified atom stereocenters. The van der Waals surface area contributed by atoms with Crippen molar-refractivity contribution < 1.29 is 31.1 Å². The van der Waals surface area contributed by atoms with Gasteiger partial charge in [0.2, 0.25) is 0 Å². The number of aromatic nitrogens is 4. The molecule has 30 heavy (non-hydrogen) atoms. The Morgan fingerprint density at radius 3 is 2.30 bits per heavy atom. The minimum absolute atomic E-state index is 0.175. The molecule has 0 N–H and O–H groups in total. The number of fused-ring (bicyclic) bond motifs is 1. The summed E-state index contributed by atoms with van der Waals surface area (Å²) in [6, 6.07) is 2.29. The number of hydrogen-bond acceptors (Lipinski definition) is 5. The molecule has 3 aromatic heterocycles. The van der Waals surface area contributed by atoms with Crippen LogP contribution in [0.2, 0.25) is 0 Å². The lowest BCUT2D eigenvalue weighted by Gasteiger charge is -2.14. The first kappa shape index (κ1) is 20.1. The fourth-order valence-electron chi connectivity index (χ4n) is 2.94. The Morgan fingerprint density at radius 1 is 1.07 bits per heavy atom. The van der Waals surface area contributed by atoms with Crippen LogP contribution in [-0.4, -0.2) is 32.1 Å². The summed E-state index contributed by atoms with van der Waals surface area (Å²) in [5.74, 6) is 0.250. The molecule has 1 aliphatic carbocycles. The van der Waals surface area contributed by atoms with Gasteiger partial charge in [0.1, 0.15) is 5.65 Å². The summed E-state index contributed by atoms with van der Waals surface area (Å²) in [5, 5.41) is 0. The summed E-state index contributed by atoms with van der Waals surface area (Å²) >= 11 is 0. The number of halogens is 6. The molecule has 0 atom stereocenters. The zero-order chi connectivity index (χ0) is 21.7. The van der Waals surface area contributed by atoms with E-state index in [0.29, 0.717) is 0 Å². The Morgan fingerprint density at radius 2 is 1.73 bits per heavy atom. The number of alkyl halides is 6. The quantitative estimate of drug-likeness (QED) is 0.586. The lowest BCUT2D eigenvalue weighted by Crippen LogP contribution is -2.24. The van der Waals surface area contributed by atoms with Crippen LogP contribution in [0.1, 0.15) is 30.0 Å². The van der Waals surface area contributed by atoms with E-state index in [1.807, 2.05) is 0 Å². The molecular weight excluding hydrogens is 418 g/mol. The van der Waals surface area contributed by atoms with E-state index in [1.54, 1.807) is 6.07 Å². The van der Waals surface area contributed by atoms with Gasteiger partial charge in [-0.05, 0) is 30.4 Å². The van der Waals surface area contributed by atoms with Crippen LogP contribution in [-0.2, 0) is 6.18 Å². The highest BCUT2D eigenvalue weighted by Crippen LogP contribution is 2.40. The second kappa shape index (κ2) is 6.96. The van der Waals surface area contributed by atoms with Crippen LogP contribution in [0.15, 0.2) is 35.5 Å². The Bertz CT molecular complexity index is 1150. The van der Waals surface area contributed by atoms with Gasteiger partial charge in [-0.1, -0.05) is 6.07 Å². The summed E-state index contributed by atoms with van der Waals surface area (Å²) < 4.78 is 82.7. The number of nitrogens with zero attached hydrogens (tertiary/aromatic N) is 4. The van der Waals surface area contributed by atoms with Gasteiger partial charge < -0.3 is 4.74 Å². The molecule has 1 aliphatic rings. The maximum Gasteiger partial charge on any atom is 0.434 e. The normalized spacial score (nSPS) is 14.9. The molecule has 4 rings (SSSR count). The Labute approximate surface area is 164 Å². The van der Waals surface area contributed by atoms with E-state index >= 15 is 0 Å². The van der Waals surface area contributed by atoms with Crippen LogP contribution in [0.25, 0.3) is 16.8 Å². The second-order valence-electron chi connectivity index (χ2n) is 6.76. The average molecular weight is 430 g/mol. The van der Waals surface area contributed by atoms with Crippen LogP contribution in [0, 0.1) is 0 Å². The van der Waals surface area contributed by atoms with Crippen molar-refractivity contribution in [3.05, 3.63) is 52.3 Å². The Hall–Kier alpha value is -3.18. The molecular formula is C18H12F6N4O2. The first-order valence-corrected chi connectivity index (χ1v) is 8.68. The van der Waals surface area contributed by atoms with Gasteiger partial charge in [-0.3, -0.25) is 9.20 Å². The van der Waals surface area contributed by atoms with Crippen molar-refractivity contribution >= 4 is 5.65 Å². The van der Waals surface area contributed by atoms with Gasteiger partial charge in [0.05, 0.1) is 5.56 Å². The largest absolute Gasteiger partial charge is 0.454 e. The third-order valence-corrected chi connectivity index (χ3v) is 4.44. The summed E-state index contributed by atoms with van der Waals surface area (Å²) in [7, 11) is 0. The molecule has 158 valence electrons. The summed E-state index contributed by atoms with van der Waals surface area (Å²) in [5.41, 5.74) is -2.92. The molecule has 1 saturated carbocycles.